The first-order chi connectivity index (χ1) is 14.0. The highest BCUT2D eigenvalue weighted by Gasteiger charge is 2.41. The summed E-state index contributed by atoms with van der Waals surface area (Å²) in [6.45, 7) is 1.93. The van der Waals surface area contributed by atoms with E-state index in [-0.39, 0.29) is 17.7 Å². The maximum atomic E-state index is 13.3. The summed E-state index contributed by atoms with van der Waals surface area (Å²) >= 11 is 5.93. The van der Waals surface area contributed by atoms with Gasteiger partial charge in [-0.25, -0.2) is 4.68 Å². The van der Waals surface area contributed by atoms with Gasteiger partial charge < -0.3 is 20.5 Å². The van der Waals surface area contributed by atoms with Crippen molar-refractivity contribution in [2.24, 2.45) is 5.92 Å². The van der Waals surface area contributed by atoms with Gasteiger partial charge in [0.25, 0.3) is 0 Å². The number of aromatic hydroxyl groups is 1. The lowest BCUT2D eigenvalue weighted by Gasteiger charge is -2.37. The van der Waals surface area contributed by atoms with Crippen molar-refractivity contribution in [1.82, 2.24) is 14.8 Å². The third kappa shape index (κ3) is 3.58. The molecule has 3 aromatic rings. The molecule has 0 fully saturated rings. The fraction of sp³-hybridized carbons (Fsp3) is 0.250. The van der Waals surface area contributed by atoms with Crippen LogP contribution in [0.5, 0.6) is 11.5 Å². The number of fused-ring (bicyclic) bond motifs is 1. The average Bonchev–Trinajstić information content (AvgIpc) is 3.17. The van der Waals surface area contributed by atoms with Crippen molar-refractivity contribution in [3.05, 3.63) is 59.4 Å². The minimum Gasteiger partial charge on any atom is -0.504 e. The Balaban J connectivity index is 1.74. The van der Waals surface area contributed by atoms with Gasteiger partial charge in [-0.1, -0.05) is 17.7 Å². The van der Waals surface area contributed by atoms with Gasteiger partial charge in [-0.15, -0.1) is 0 Å². The number of hydrogen-bond acceptors (Lipinski definition) is 6. The Morgan fingerprint density at radius 1 is 1.28 bits per heavy atom. The molecule has 9 heteroatoms. The molecule has 2 heterocycles. The van der Waals surface area contributed by atoms with Gasteiger partial charge in [-0.2, -0.15) is 10.1 Å². The first-order valence-corrected chi connectivity index (χ1v) is 9.45. The molecule has 0 unspecified atom stereocenters. The van der Waals surface area contributed by atoms with Crippen LogP contribution in [-0.2, 0) is 4.79 Å². The third-order valence-corrected chi connectivity index (χ3v) is 5.28. The summed E-state index contributed by atoms with van der Waals surface area (Å²) in [5.41, 5.74) is 1.43. The van der Waals surface area contributed by atoms with Crippen LogP contribution in [0.1, 0.15) is 18.5 Å². The molecule has 29 heavy (non-hydrogen) atoms. The zero-order valence-electron chi connectivity index (χ0n) is 15.8. The number of carbonyl (C=O) groups excluding carboxylic acids is 1. The molecule has 1 aromatic heterocycles. The number of benzene rings is 2. The van der Waals surface area contributed by atoms with E-state index in [0.29, 0.717) is 22.4 Å². The first-order valence-electron chi connectivity index (χ1n) is 9.07. The van der Waals surface area contributed by atoms with Crippen molar-refractivity contribution in [2.45, 2.75) is 19.0 Å². The second-order valence-corrected chi connectivity index (χ2v) is 7.30. The van der Waals surface area contributed by atoms with Crippen molar-refractivity contribution < 1.29 is 14.6 Å². The van der Waals surface area contributed by atoms with Gasteiger partial charge in [0.05, 0.1) is 19.1 Å². The van der Waals surface area contributed by atoms with Crippen molar-refractivity contribution in [3.8, 4) is 11.5 Å². The Hall–Kier alpha value is -3.26. The Morgan fingerprint density at radius 3 is 2.76 bits per heavy atom. The number of amides is 1. The van der Waals surface area contributed by atoms with Gasteiger partial charge in [-0.3, -0.25) is 4.79 Å². The van der Waals surface area contributed by atoms with Gasteiger partial charge >= 0.3 is 0 Å². The number of nitrogens with one attached hydrogen (secondary N) is 2. The molecule has 0 bridgehead atoms. The summed E-state index contributed by atoms with van der Waals surface area (Å²) in [7, 11) is 1.48. The van der Waals surface area contributed by atoms with E-state index >= 15 is 0 Å². The van der Waals surface area contributed by atoms with E-state index in [1.165, 1.54) is 13.4 Å². The molecular formula is C20H20ClN5O3. The van der Waals surface area contributed by atoms with Crippen molar-refractivity contribution in [3.63, 3.8) is 0 Å². The predicted molar refractivity (Wildman–Crippen MR) is 109 cm³/mol. The lowest BCUT2D eigenvalue weighted by Crippen LogP contribution is -2.46. The first kappa shape index (κ1) is 19.1. The summed E-state index contributed by atoms with van der Waals surface area (Å²) in [6, 6.07) is 11.3. The van der Waals surface area contributed by atoms with Gasteiger partial charge in [0.15, 0.2) is 11.5 Å². The fourth-order valence-corrected chi connectivity index (χ4v) is 3.76. The van der Waals surface area contributed by atoms with Gasteiger partial charge in [-0.05, 0) is 48.9 Å². The highest BCUT2D eigenvalue weighted by molar-refractivity contribution is 6.30. The molecule has 1 aliphatic rings. The number of hydrogen-bond donors (Lipinski definition) is 3. The summed E-state index contributed by atoms with van der Waals surface area (Å²) in [6.07, 6.45) is 1.44. The maximum Gasteiger partial charge on any atom is 0.232 e. The summed E-state index contributed by atoms with van der Waals surface area (Å²) < 4.78 is 6.93. The third-order valence-electron chi connectivity index (χ3n) is 5.03. The summed E-state index contributed by atoms with van der Waals surface area (Å²) in [4.78, 5) is 17.5. The van der Waals surface area contributed by atoms with Gasteiger partial charge in [0.2, 0.25) is 11.9 Å². The molecule has 0 saturated heterocycles. The van der Waals surface area contributed by atoms with Crippen LogP contribution in [0.2, 0.25) is 5.02 Å². The summed E-state index contributed by atoms with van der Waals surface area (Å²) in [5.74, 6) is 0.246. The van der Waals surface area contributed by atoms with E-state index in [0.717, 1.165) is 5.56 Å². The zero-order valence-corrected chi connectivity index (χ0v) is 16.6. The Kier molecular flexibility index (Phi) is 5.02. The molecule has 0 saturated carbocycles. The molecule has 1 amide bonds. The Morgan fingerprint density at radius 2 is 2.03 bits per heavy atom. The molecular weight excluding hydrogens is 394 g/mol. The lowest BCUT2D eigenvalue weighted by atomic mass is 9.85. The van der Waals surface area contributed by atoms with E-state index < -0.39 is 12.0 Å². The second kappa shape index (κ2) is 7.63. The van der Waals surface area contributed by atoms with E-state index in [9.17, 15) is 9.90 Å². The standard InChI is InChI=1S/C20H20ClN5O3/c1-11-17(19(28)25-14-6-4-13(21)5-7-14)18(26-20(24-11)22-10-23-26)12-3-8-15(27)16(9-12)29-2/h3-11,17-18,27H,1-2H3,(H,25,28)(H,22,23,24)/t11-,17+,18-/m0/s1. The zero-order chi connectivity index (χ0) is 20.5. The van der Waals surface area contributed by atoms with E-state index in [2.05, 4.69) is 20.7 Å². The molecule has 0 spiro atoms. The van der Waals surface area contributed by atoms with Crippen LogP contribution in [-0.4, -0.2) is 38.9 Å². The van der Waals surface area contributed by atoms with Crippen LogP contribution in [0.3, 0.4) is 0 Å². The highest BCUT2D eigenvalue weighted by atomic mass is 35.5. The van der Waals surface area contributed by atoms with Gasteiger partial charge in [0.1, 0.15) is 6.33 Å². The Labute approximate surface area is 172 Å². The molecule has 1 aliphatic heterocycles. The van der Waals surface area contributed by atoms with E-state index in [1.54, 1.807) is 47.1 Å². The maximum absolute atomic E-state index is 13.3. The number of methoxy groups -OCH3 is 1. The van der Waals surface area contributed by atoms with E-state index in [1.807, 2.05) is 6.92 Å². The SMILES string of the molecule is COc1cc([C@H]2[C@H](C(=O)Nc3ccc(Cl)cc3)[C@H](C)Nc3ncnn32)ccc1O. The fourth-order valence-electron chi connectivity index (χ4n) is 3.63. The topological polar surface area (TPSA) is 101 Å². The van der Waals surface area contributed by atoms with Crippen molar-refractivity contribution in [2.75, 3.05) is 17.7 Å². The number of aromatic nitrogens is 3. The molecule has 0 radical (unpaired) electrons. The number of nitrogens with zero attached hydrogens (tertiary/aromatic N) is 3. The van der Waals surface area contributed by atoms with Crippen molar-refractivity contribution >= 4 is 29.1 Å². The molecule has 0 aliphatic carbocycles. The lowest BCUT2D eigenvalue weighted by molar-refractivity contribution is -0.121. The molecule has 4 rings (SSSR count). The second-order valence-electron chi connectivity index (χ2n) is 6.86. The molecule has 8 nitrogen and oxygen atoms in total. The van der Waals surface area contributed by atoms with E-state index in [4.69, 9.17) is 16.3 Å². The number of anilines is 2. The number of rotatable bonds is 4. The Bertz CT molecular complexity index is 1040. The number of phenols is 1. The largest absolute Gasteiger partial charge is 0.504 e. The van der Waals surface area contributed by atoms with Crippen LogP contribution in [0, 0.1) is 5.92 Å². The quantitative estimate of drug-likeness (QED) is 0.606. The number of halogens is 1. The number of carbonyl (C=O) groups is 1. The normalized spacial score (nSPS) is 20.4. The highest BCUT2D eigenvalue weighted by Crippen LogP contribution is 2.39. The minimum absolute atomic E-state index is 0.0270. The van der Waals surface area contributed by atoms with Gasteiger partial charge in [0, 0.05) is 16.8 Å². The smallest absolute Gasteiger partial charge is 0.232 e. The van der Waals surface area contributed by atoms with Crippen LogP contribution < -0.4 is 15.4 Å². The number of phenolic OH excluding ortho intramolecular Hbond substituents is 1. The van der Waals surface area contributed by atoms with Crippen LogP contribution in [0.25, 0.3) is 0 Å². The number of ether oxygens (including phenoxy) is 1. The molecule has 3 atom stereocenters. The monoisotopic (exact) mass is 413 g/mol. The summed E-state index contributed by atoms with van der Waals surface area (Å²) in [5, 5.41) is 21.1. The van der Waals surface area contributed by atoms with Crippen LogP contribution >= 0.6 is 11.6 Å². The van der Waals surface area contributed by atoms with Crippen LogP contribution in [0.15, 0.2) is 48.8 Å². The predicted octanol–water partition coefficient (Wildman–Crippen LogP) is 3.30. The average molecular weight is 414 g/mol. The minimum atomic E-state index is -0.505. The van der Waals surface area contributed by atoms with Crippen LogP contribution in [0.4, 0.5) is 11.6 Å². The molecule has 150 valence electrons. The molecule has 3 N–H and O–H groups in total. The molecule has 2 aromatic carbocycles. The van der Waals surface area contributed by atoms with Crippen molar-refractivity contribution in [1.29, 1.82) is 0 Å².